The number of amides is 2. The van der Waals surface area contributed by atoms with Gasteiger partial charge >= 0.3 is 0 Å². The van der Waals surface area contributed by atoms with Crippen molar-refractivity contribution >= 4 is 28.6 Å². The lowest BCUT2D eigenvalue weighted by Crippen LogP contribution is -2.50. The van der Waals surface area contributed by atoms with Gasteiger partial charge in [0.15, 0.2) is 11.4 Å². The van der Waals surface area contributed by atoms with Crippen LogP contribution in [0.25, 0.3) is 22.6 Å². The Morgan fingerprint density at radius 2 is 1.80 bits per heavy atom. The van der Waals surface area contributed by atoms with Gasteiger partial charge in [-0.1, -0.05) is 12.1 Å². The minimum absolute atomic E-state index is 0.178. The van der Waals surface area contributed by atoms with Crippen molar-refractivity contribution in [2.75, 3.05) is 31.5 Å². The van der Waals surface area contributed by atoms with Gasteiger partial charge in [0.05, 0.1) is 13.1 Å². The van der Waals surface area contributed by atoms with Crippen molar-refractivity contribution in [1.29, 1.82) is 0 Å². The van der Waals surface area contributed by atoms with Gasteiger partial charge in [-0.2, -0.15) is 4.80 Å². The van der Waals surface area contributed by atoms with Crippen LogP contribution in [0, 0.1) is 5.82 Å². The smallest absolute Gasteiger partial charge is 0.272 e. The number of nitrogens with one attached hydrogen (secondary N) is 1. The van der Waals surface area contributed by atoms with Gasteiger partial charge in [0, 0.05) is 50.6 Å². The second kappa shape index (κ2) is 10.8. The summed E-state index contributed by atoms with van der Waals surface area (Å²) in [6.07, 6.45) is 1.56. The Morgan fingerprint density at radius 3 is 2.51 bits per heavy atom. The van der Waals surface area contributed by atoms with Crippen molar-refractivity contribution in [3.63, 3.8) is 0 Å². The molecule has 1 fully saturated rings. The van der Waals surface area contributed by atoms with Crippen LogP contribution in [0.15, 0.2) is 65.2 Å². The van der Waals surface area contributed by atoms with E-state index in [1.807, 2.05) is 0 Å². The van der Waals surface area contributed by atoms with Crippen molar-refractivity contribution in [1.82, 2.24) is 40.0 Å². The summed E-state index contributed by atoms with van der Waals surface area (Å²) in [5.41, 5.74) is 3.50. The number of nitrogens with zero attached hydrogens (tertiary/aromatic N) is 8. The lowest BCUT2D eigenvalue weighted by molar-refractivity contribution is -0.114. The van der Waals surface area contributed by atoms with E-state index < -0.39 is 0 Å². The van der Waals surface area contributed by atoms with Gasteiger partial charge in [0.25, 0.3) is 5.91 Å². The summed E-state index contributed by atoms with van der Waals surface area (Å²) in [6, 6.07) is 14.5. The highest BCUT2D eigenvalue weighted by Crippen LogP contribution is 2.29. The summed E-state index contributed by atoms with van der Waals surface area (Å²) in [4.78, 5) is 39.0. The lowest BCUT2D eigenvalue weighted by Gasteiger charge is -2.38. The molecule has 2 aromatic carbocycles. The first kappa shape index (κ1) is 26.2. The van der Waals surface area contributed by atoms with Crippen molar-refractivity contribution < 1.29 is 18.4 Å². The molecule has 1 N–H and O–H groups in total. The third-order valence-electron chi connectivity index (χ3n) is 6.85. The Bertz CT molecular complexity index is 1730. The second-order valence-electron chi connectivity index (χ2n) is 9.73. The number of piperazine rings is 1. The lowest BCUT2D eigenvalue weighted by atomic mass is 10.0. The number of aromatic nitrogens is 6. The van der Waals surface area contributed by atoms with E-state index in [1.165, 1.54) is 23.9 Å². The van der Waals surface area contributed by atoms with E-state index in [0.29, 0.717) is 60.2 Å². The van der Waals surface area contributed by atoms with Crippen LogP contribution in [0.4, 0.5) is 10.1 Å². The van der Waals surface area contributed by atoms with Gasteiger partial charge in [-0.15, -0.1) is 10.2 Å². The molecule has 1 aliphatic rings. The van der Waals surface area contributed by atoms with Gasteiger partial charge in [-0.05, 0) is 53.2 Å². The predicted octanol–water partition coefficient (Wildman–Crippen LogP) is 3.06. The number of anilines is 1. The maximum Gasteiger partial charge on any atom is 0.272 e. The van der Waals surface area contributed by atoms with Crippen LogP contribution >= 0.6 is 0 Å². The Kier molecular flexibility index (Phi) is 6.93. The van der Waals surface area contributed by atoms with Crippen LogP contribution in [0.5, 0.6) is 0 Å². The average molecular weight is 556 g/mol. The van der Waals surface area contributed by atoms with Crippen LogP contribution in [0.2, 0.25) is 0 Å². The molecule has 2 amide bonds. The van der Waals surface area contributed by atoms with Crippen LogP contribution in [-0.4, -0.2) is 78.0 Å². The molecule has 6 rings (SSSR count). The number of oxazole rings is 1. The SMILES string of the molecule is CC(=O)Nc1ccc2oc(-c3ccnc(C(=O)N4CCN([C@@H](c5ccc(F)cc5)c5nnn(C)n5)CC4)c3)nc2c1. The molecule has 0 spiro atoms. The topological polar surface area (TPSA) is 135 Å². The molecule has 0 saturated carbocycles. The molecule has 1 aliphatic heterocycles. The van der Waals surface area contributed by atoms with Gasteiger partial charge in [-0.25, -0.2) is 9.37 Å². The molecular weight excluding hydrogens is 529 g/mol. The Labute approximate surface area is 233 Å². The number of carbonyl (C=O) groups excluding carboxylic acids is 2. The monoisotopic (exact) mass is 555 g/mol. The predicted molar refractivity (Wildman–Crippen MR) is 146 cm³/mol. The highest BCUT2D eigenvalue weighted by molar-refractivity contribution is 5.94. The number of carbonyl (C=O) groups is 2. The molecule has 208 valence electrons. The first-order chi connectivity index (χ1) is 19.8. The maximum atomic E-state index is 13.6. The number of fused-ring (bicyclic) bond motifs is 1. The summed E-state index contributed by atoms with van der Waals surface area (Å²) in [5, 5.41) is 15.3. The Morgan fingerprint density at radius 1 is 1.02 bits per heavy atom. The number of aryl methyl sites for hydroxylation is 1. The van der Waals surface area contributed by atoms with Crippen molar-refractivity contribution in [3.05, 3.63) is 83.7 Å². The Hall–Kier alpha value is -5.04. The Balaban J connectivity index is 1.18. The fourth-order valence-corrected chi connectivity index (χ4v) is 4.93. The van der Waals surface area contributed by atoms with Gasteiger partial charge in [0.1, 0.15) is 17.0 Å². The zero-order chi connectivity index (χ0) is 28.5. The molecule has 4 heterocycles. The highest BCUT2D eigenvalue weighted by Gasteiger charge is 2.31. The summed E-state index contributed by atoms with van der Waals surface area (Å²) < 4.78 is 19.5. The van der Waals surface area contributed by atoms with Crippen molar-refractivity contribution in [3.8, 4) is 11.5 Å². The quantitative estimate of drug-likeness (QED) is 0.335. The molecule has 41 heavy (non-hydrogen) atoms. The fraction of sp³-hybridized carbons (Fsp3) is 0.250. The van der Waals surface area contributed by atoms with E-state index in [2.05, 4.69) is 35.6 Å². The van der Waals surface area contributed by atoms with Crippen LogP contribution in [0.1, 0.15) is 34.8 Å². The molecule has 1 atom stereocenters. The summed E-state index contributed by atoms with van der Waals surface area (Å²) in [7, 11) is 1.69. The van der Waals surface area contributed by atoms with Crippen LogP contribution in [-0.2, 0) is 11.8 Å². The van der Waals surface area contributed by atoms with E-state index in [1.54, 1.807) is 60.6 Å². The number of hydrogen-bond acceptors (Lipinski definition) is 9. The number of tetrazole rings is 1. The van der Waals surface area contributed by atoms with E-state index in [9.17, 15) is 14.0 Å². The van der Waals surface area contributed by atoms with Gasteiger partial charge in [0.2, 0.25) is 11.8 Å². The molecule has 0 bridgehead atoms. The van der Waals surface area contributed by atoms with E-state index in [4.69, 9.17) is 4.42 Å². The number of rotatable bonds is 6. The van der Waals surface area contributed by atoms with E-state index in [-0.39, 0.29) is 29.4 Å². The van der Waals surface area contributed by atoms with Crippen LogP contribution in [0.3, 0.4) is 0 Å². The fourth-order valence-electron chi connectivity index (χ4n) is 4.93. The molecule has 12 nitrogen and oxygen atoms in total. The third kappa shape index (κ3) is 5.52. The zero-order valence-corrected chi connectivity index (χ0v) is 22.4. The molecule has 0 unspecified atom stereocenters. The standard InChI is InChI=1S/C28H26FN9O3/c1-17(39)31-21-7-8-24-22(16-21)32-27(41-24)19-9-10-30-23(15-19)28(40)38-13-11-37(12-14-38)25(26-33-35-36(2)34-26)18-3-5-20(29)6-4-18/h3-10,15-16,25H,11-14H2,1-2H3,(H,31,39)/t25-/m0/s1. The normalized spacial score (nSPS) is 14.8. The molecular formula is C28H26FN9O3. The minimum Gasteiger partial charge on any atom is -0.436 e. The molecule has 0 aliphatic carbocycles. The highest BCUT2D eigenvalue weighted by atomic mass is 19.1. The molecule has 13 heteroatoms. The summed E-state index contributed by atoms with van der Waals surface area (Å²) in [6.45, 7) is 3.45. The van der Waals surface area contributed by atoms with Crippen molar-refractivity contribution in [2.45, 2.75) is 13.0 Å². The molecule has 3 aromatic heterocycles. The second-order valence-corrected chi connectivity index (χ2v) is 9.73. The molecule has 0 radical (unpaired) electrons. The van der Waals surface area contributed by atoms with Crippen LogP contribution < -0.4 is 5.32 Å². The number of hydrogen-bond donors (Lipinski definition) is 1. The average Bonchev–Trinajstić information content (AvgIpc) is 3.60. The first-order valence-electron chi connectivity index (χ1n) is 13.0. The minimum atomic E-state index is -0.326. The van der Waals surface area contributed by atoms with Crippen molar-refractivity contribution in [2.24, 2.45) is 7.05 Å². The first-order valence-corrected chi connectivity index (χ1v) is 13.0. The zero-order valence-electron chi connectivity index (χ0n) is 22.4. The number of halogens is 1. The van der Waals surface area contributed by atoms with Gasteiger partial charge in [-0.3, -0.25) is 19.5 Å². The maximum absolute atomic E-state index is 13.6. The van der Waals surface area contributed by atoms with Gasteiger partial charge < -0.3 is 14.6 Å². The summed E-state index contributed by atoms with van der Waals surface area (Å²) in [5.74, 6) is 0.155. The largest absolute Gasteiger partial charge is 0.436 e. The number of benzene rings is 2. The van der Waals surface area contributed by atoms with E-state index in [0.717, 1.165) is 5.56 Å². The van der Waals surface area contributed by atoms with E-state index >= 15 is 0 Å². The summed E-state index contributed by atoms with van der Waals surface area (Å²) >= 11 is 0. The third-order valence-corrected chi connectivity index (χ3v) is 6.85. The number of pyridine rings is 1. The molecule has 5 aromatic rings. The molecule has 1 saturated heterocycles.